The number of anilines is 2. The van der Waals surface area contributed by atoms with Crippen molar-refractivity contribution in [2.24, 2.45) is 0 Å². The van der Waals surface area contributed by atoms with Crippen molar-refractivity contribution in [2.45, 2.75) is 69.2 Å². The van der Waals surface area contributed by atoms with E-state index in [1.54, 1.807) is 74.2 Å². The van der Waals surface area contributed by atoms with Crippen molar-refractivity contribution in [1.29, 1.82) is 0 Å². The molecule has 0 radical (unpaired) electrons. The summed E-state index contributed by atoms with van der Waals surface area (Å²) < 4.78 is 10.8. The topological polar surface area (TPSA) is 143 Å². The van der Waals surface area contributed by atoms with Gasteiger partial charge in [-0.25, -0.2) is 9.59 Å². The van der Waals surface area contributed by atoms with Gasteiger partial charge in [-0.15, -0.1) is 23.1 Å². The van der Waals surface area contributed by atoms with Crippen molar-refractivity contribution in [2.75, 3.05) is 24.3 Å². The van der Waals surface area contributed by atoms with Crippen LogP contribution in [0, 0.1) is 0 Å². The number of thiophene rings is 1. The molecule has 1 aliphatic rings. The molecule has 3 N–H and O–H groups in total. The Labute approximate surface area is 358 Å². The predicted octanol–water partition coefficient (Wildman–Crippen LogP) is 9.83. The van der Waals surface area contributed by atoms with E-state index in [4.69, 9.17) is 9.47 Å². The second kappa shape index (κ2) is 19.3. The van der Waals surface area contributed by atoms with Crippen molar-refractivity contribution in [3.8, 4) is 0 Å². The number of nitrogens with one attached hydrogen (secondary N) is 3. The van der Waals surface area contributed by atoms with Crippen LogP contribution < -0.4 is 16.0 Å². The van der Waals surface area contributed by atoms with Crippen LogP contribution in [0.1, 0.15) is 93.6 Å². The summed E-state index contributed by atoms with van der Waals surface area (Å²) in [4.78, 5) is 70.6. The molecule has 1 aromatic heterocycles. The highest BCUT2D eigenvalue weighted by Crippen LogP contribution is 2.41. The summed E-state index contributed by atoms with van der Waals surface area (Å²) in [6.07, 6.45) is 1.57. The van der Waals surface area contributed by atoms with Gasteiger partial charge in [-0.05, 0) is 91.8 Å². The summed E-state index contributed by atoms with van der Waals surface area (Å²) in [6, 6.07) is 32.8. The molecule has 2 heterocycles. The molecule has 0 bridgehead atoms. The summed E-state index contributed by atoms with van der Waals surface area (Å²) in [7, 11) is 1.29. The van der Waals surface area contributed by atoms with Gasteiger partial charge in [-0.1, -0.05) is 92.7 Å². The van der Waals surface area contributed by atoms with Gasteiger partial charge in [0.15, 0.2) is 0 Å². The zero-order chi connectivity index (χ0) is 43.0. The molecular weight excluding hydrogens is 797 g/mol. The lowest BCUT2D eigenvalue weighted by Gasteiger charge is -2.30. The number of thioether (sulfide) groups is 1. The maximum atomic E-state index is 14.3. The molecule has 0 saturated carbocycles. The number of esters is 1. The van der Waals surface area contributed by atoms with E-state index in [1.807, 2.05) is 66.7 Å². The molecule has 0 spiro atoms. The summed E-state index contributed by atoms with van der Waals surface area (Å²) >= 11 is 2.50. The summed E-state index contributed by atoms with van der Waals surface area (Å²) in [6.45, 7) is 10.2. The summed E-state index contributed by atoms with van der Waals surface area (Å²) in [5, 5.41) is 8.29. The molecule has 6 rings (SSSR count). The van der Waals surface area contributed by atoms with Crippen molar-refractivity contribution >= 4 is 69.6 Å². The van der Waals surface area contributed by atoms with Gasteiger partial charge in [0.05, 0.1) is 19.2 Å². The fourth-order valence-electron chi connectivity index (χ4n) is 6.44. The van der Waals surface area contributed by atoms with Crippen LogP contribution in [0.15, 0.2) is 120 Å². The Kier molecular flexibility index (Phi) is 13.9. The minimum Gasteiger partial charge on any atom is -0.465 e. The van der Waals surface area contributed by atoms with E-state index in [0.29, 0.717) is 45.6 Å². The Morgan fingerprint density at radius 3 is 2.17 bits per heavy atom. The summed E-state index contributed by atoms with van der Waals surface area (Å²) in [5.41, 5.74) is 3.83. The number of methoxy groups -OCH3 is 1. The van der Waals surface area contributed by atoms with E-state index >= 15 is 0 Å². The van der Waals surface area contributed by atoms with Gasteiger partial charge < -0.3 is 30.3 Å². The van der Waals surface area contributed by atoms with Crippen molar-refractivity contribution in [3.05, 3.63) is 153 Å². The third-order valence-corrected chi connectivity index (χ3v) is 11.8. The van der Waals surface area contributed by atoms with Crippen molar-refractivity contribution in [1.82, 2.24) is 10.2 Å². The van der Waals surface area contributed by atoms with Gasteiger partial charge in [-0.3, -0.25) is 14.4 Å². The second-order valence-electron chi connectivity index (χ2n) is 15.4. The van der Waals surface area contributed by atoms with E-state index in [2.05, 4.69) is 29.8 Å². The van der Waals surface area contributed by atoms with Gasteiger partial charge in [0.1, 0.15) is 21.5 Å². The molecule has 0 fully saturated rings. The van der Waals surface area contributed by atoms with E-state index in [0.717, 1.165) is 21.6 Å². The van der Waals surface area contributed by atoms with E-state index in [-0.39, 0.29) is 23.7 Å². The Balaban J connectivity index is 1.24. The monoisotopic (exact) mass is 844 g/mol. The molecule has 1 unspecified atom stereocenters. The standard InChI is InChI=1S/C47H48N4O7S2/c1-29(2)31-22-20-30(21-23-31)26-37(49-41(52)33-16-11-8-12-17-33)42(53)48-34-18-13-19-35(27-34)59-40(32-14-9-7-10-15-32)43(54)50-44-39(45(55)57-6)36-24-25-51(28-38(36)60-44)46(56)58-47(3,4)5/h7-23,26-27,29,40H,24-25,28H2,1-6H3,(H,48,53)(H,49,52)(H,50,54)/b37-26+. The molecule has 60 heavy (non-hydrogen) atoms. The van der Waals surface area contributed by atoms with E-state index in [1.165, 1.54) is 30.2 Å². The van der Waals surface area contributed by atoms with Crippen LogP contribution in [0.5, 0.6) is 0 Å². The quantitative estimate of drug-likeness (QED) is 0.0640. The molecule has 11 nitrogen and oxygen atoms in total. The van der Waals surface area contributed by atoms with Crippen LogP contribution in [0.3, 0.4) is 0 Å². The van der Waals surface area contributed by atoms with Crippen LogP contribution in [0.4, 0.5) is 15.5 Å². The average molecular weight is 845 g/mol. The number of hydrogen-bond donors (Lipinski definition) is 3. The fourth-order valence-corrected chi connectivity index (χ4v) is 8.78. The zero-order valence-corrected chi connectivity index (χ0v) is 36.0. The molecule has 4 amide bonds. The van der Waals surface area contributed by atoms with Crippen LogP contribution in [-0.2, 0) is 32.0 Å². The molecule has 1 atom stereocenters. The first kappa shape index (κ1) is 43.4. The molecule has 13 heteroatoms. The Hall–Kier alpha value is -6.18. The molecule has 4 aromatic carbocycles. The first-order valence-corrected chi connectivity index (χ1v) is 21.2. The Morgan fingerprint density at radius 2 is 1.52 bits per heavy atom. The van der Waals surface area contributed by atoms with Crippen LogP contribution in [0.25, 0.3) is 6.08 Å². The number of amides is 4. The maximum absolute atomic E-state index is 14.3. The summed E-state index contributed by atoms with van der Waals surface area (Å²) in [5.74, 6) is -1.60. The first-order valence-electron chi connectivity index (χ1n) is 19.5. The number of benzene rings is 4. The Bertz CT molecular complexity index is 2390. The number of hydrogen-bond acceptors (Lipinski definition) is 9. The molecule has 0 saturated heterocycles. The van der Waals surface area contributed by atoms with E-state index in [9.17, 15) is 24.0 Å². The largest absolute Gasteiger partial charge is 0.465 e. The number of nitrogens with zero attached hydrogens (tertiary/aromatic N) is 1. The minimum absolute atomic E-state index is 0.0509. The van der Waals surface area contributed by atoms with Gasteiger partial charge in [0, 0.05) is 27.6 Å². The second-order valence-corrected chi connectivity index (χ2v) is 17.7. The molecule has 1 aliphatic heterocycles. The van der Waals surface area contributed by atoms with E-state index < -0.39 is 34.7 Å². The maximum Gasteiger partial charge on any atom is 0.410 e. The third-order valence-electron chi connectivity index (χ3n) is 9.46. The Morgan fingerprint density at radius 1 is 0.833 bits per heavy atom. The fraction of sp³-hybridized carbons (Fsp3) is 0.255. The number of rotatable bonds is 12. The van der Waals surface area contributed by atoms with Crippen LogP contribution >= 0.6 is 23.1 Å². The normalized spacial score (nSPS) is 13.2. The van der Waals surface area contributed by atoms with Gasteiger partial charge in [-0.2, -0.15) is 0 Å². The van der Waals surface area contributed by atoms with Crippen LogP contribution in [-0.4, -0.2) is 53.9 Å². The smallest absolute Gasteiger partial charge is 0.410 e. The molecule has 0 aliphatic carbocycles. The number of carbonyl (C=O) groups is 5. The first-order chi connectivity index (χ1) is 28.7. The minimum atomic E-state index is -0.783. The lowest BCUT2D eigenvalue weighted by atomic mass is 10.0. The lowest BCUT2D eigenvalue weighted by Crippen LogP contribution is -2.39. The average Bonchev–Trinajstić information content (AvgIpc) is 3.59. The highest BCUT2D eigenvalue weighted by Gasteiger charge is 2.34. The molecule has 5 aromatic rings. The zero-order valence-electron chi connectivity index (χ0n) is 34.4. The number of ether oxygens (including phenoxy) is 2. The molecular formula is C47H48N4O7S2. The van der Waals surface area contributed by atoms with Gasteiger partial charge in [0.25, 0.3) is 11.8 Å². The number of fused-ring (bicyclic) bond motifs is 1. The van der Waals surface area contributed by atoms with Crippen molar-refractivity contribution in [3.63, 3.8) is 0 Å². The third kappa shape index (κ3) is 11.1. The highest BCUT2D eigenvalue weighted by atomic mass is 32.2. The van der Waals surface area contributed by atoms with Crippen molar-refractivity contribution < 1.29 is 33.4 Å². The predicted molar refractivity (Wildman–Crippen MR) is 237 cm³/mol. The number of carbonyl (C=O) groups excluding carboxylic acids is 5. The van der Waals surface area contributed by atoms with Crippen LogP contribution in [0.2, 0.25) is 0 Å². The van der Waals surface area contributed by atoms with Gasteiger partial charge >= 0.3 is 12.1 Å². The SMILES string of the molecule is COC(=O)c1c(NC(=O)C(Sc2cccc(NC(=O)/C(=C\c3ccc(C(C)C)cc3)NC(=O)c3ccccc3)c2)c2ccccc2)sc2c1CCN(C(=O)OC(C)(C)C)C2. The molecule has 310 valence electrons. The van der Waals surface area contributed by atoms with Gasteiger partial charge in [0.2, 0.25) is 5.91 Å². The lowest BCUT2D eigenvalue weighted by molar-refractivity contribution is -0.116. The highest BCUT2D eigenvalue weighted by molar-refractivity contribution is 8.00.